The maximum atomic E-state index is 12.1. The molecule has 2 saturated heterocycles. The number of urea groups is 1. The Bertz CT molecular complexity index is 587. The van der Waals surface area contributed by atoms with Crippen LogP contribution in [0.5, 0.6) is 0 Å². The predicted octanol–water partition coefficient (Wildman–Crippen LogP) is 1.01. The van der Waals surface area contributed by atoms with Gasteiger partial charge in [-0.15, -0.1) is 0 Å². The van der Waals surface area contributed by atoms with Gasteiger partial charge < -0.3 is 5.32 Å². The number of imide groups is 1. The second-order valence-corrected chi connectivity index (χ2v) is 6.40. The lowest BCUT2D eigenvalue weighted by molar-refractivity contribution is -0.129. The van der Waals surface area contributed by atoms with Gasteiger partial charge in [-0.3, -0.25) is 19.5 Å². The topological polar surface area (TPSA) is 55.9 Å². The van der Waals surface area contributed by atoms with E-state index in [-0.39, 0.29) is 11.9 Å². The first-order chi connectivity index (χ1) is 11.1. The van der Waals surface area contributed by atoms with E-state index in [1.54, 1.807) is 0 Å². The number of nitrogens with zero attached hydrogens (tertiary/aromatic N) is 3. The number of rotatable bonds is 4. The van der Waals surface area contributed by atoms with E-state index in [1.165, 1.54) is 10.5 Å². The van der Waals surface area contributed by atoms with E-state index in [1.807, 2.05) is 18.2 Å². The number of hydrogen-bond donors (Lipinski definition) is 1. The second kappa shape index (κ2) is 7.29. The molecule has 0 aliphatic carbocycles. The molecule has 1 aromatic carbocycles. The normalized spacial score (nSPS) is 19.9. The van der Waals surface area contributed by atoms with Crippen LogP contribution in [0.1, 0.15) is 5.56 Å². The quantitative estimate of drug-likeness (QED) is 0.891. The molecule has 2 aliphatic heterocycles. The number of nitrogens with one attached hydrogen (secondary N) is 1. The molecule has 1 aromatic rings. The van der Waals surface area contributed by atoms with Crippen molar-refractivity contribution in [2.45, 2.75) is 6.54 Å². The van der Waals surface area contributed by atoms with Crippen LogP contribution < -0.4 is 5.32 Å². The molecule has 0 spiro atoms. The molecule has 0 bridgehead atoms. The van der Waals surface area contributed by atoms with Gasteiger partial charge in [0.25, 0.3) is 0 Å². The van der Waals surface area contributed by atoms with Gasteiger partial charge in [0, 0.05) is 50.8 Å². The predicted molar refractivity (Wildman–Crippen MR) is 88.3 cm³/mol. The molecule has 3 rings (SSSR count). The minimum absolute atomic E-state index is 0.108. The molecule has 0 aromatic heterocycles. The van der Waals surface area contributed by atoms with Gasteiger partial charge in [-0.05, 0) is 17.7 Å². The Kier molecular flexibility index (Phi) is 5.15. The fourth-order valence-corrected chi connectivity index (χ4v) is 3.20. The molecule has 124 valence electrons. The fourth-order valence-electron chi connectivity index (χ4n) is 2.99. The molecule has 0 unspecified atom stereocenters. The Labute approximate surface area is 141 Å². The molecule has 23 heavy (non-hydrogen) atoms. The van der Waals surface area contributed by atoms with Crippen LogP contribution in [0.3, 0.4) is 0 Å². The molecular weight excluding hydrogens is 316 g/mol. The molecule has 2 heterocycles. The minimum Gasteiger partial charge on any atom is -0.336 e. The summed E-state index contributed by atoms with van der Waals surface area (Å²) in [6.45, 7) is 5.71. The maximum Gasteiger partial charge on any atom is 0.324 e. The zero-order valence-electron chi connectivity index (χ0n) is 13.0. The van der Waals surface area contributed by atoms with E-state index in [2.05, 4.69) is 21.2 Å². The van der Waals surface area contributed by atoms with E-state index in [0.717, 1.165) is 37.7 Å². The first-order valence-corrected chi connectivity index (χ1v) is 8.27. The summed E-state index contributed by atoms with van der Waals surface area (Å²) in [4.78, 5) is 29.4. The summed E-state index contributed by atoms with van der Waals surface area (Å²) in [5.74, 6) is -0.108. The van der Waals surface area contributed by atoms with Crippen molar-refractivity contribution < 1.29 is 9.59 Å². The van der Waals surface area contributed by atoms with Crippen molar-refractivity contribution >= 4 is 23.5 Å². The van der Waals surface area contributed by atoms with Crippen LogP contribution in [0.4, 0.5) is 4.79 Å². The molecular formula is C16H21ClN4O2. The van der Waals surface area contributed by atoms with Gasteiger partial charge in [-0.2, -0.15) is 0 Å². The summed E-state index contributed by atoms with van der Waals surface area (Å²) in [6, 6.07) is 7.64. The van der Waals surface area contributed by atoms with Crippen molar-refractivity contribution in [2.75, 3.05) is 45.8 Å². The Morgan fingerprint density at radius 3 is 2.52 bits per heavy atom. The highest BCUT2D eigenvalue weighted by Gasteiger charge is 2.28. The summed E-state index contributed by atoms with van der Waals surface area (Å²) < 4.78 is 0. The smallest absolute Gasteiger partial charge is 0.324 e. The third kappa shape index (κ3) is 4.22. The molecule has 0 radical (unpaired) electrons. The molecule has 3 amide bonds. The van der Waals surface area contributed by atoms with Gasteiger partial charge in [0.1, 0.15) is 0 Å². The van der Waals surface area contributed by atoms with Crippen molar-refractivity contribution in [3.63, 3.8) is 0 Å². The summed E-state index contributed by atoms with van der Waals surface area (Å²) in [5, 5.41) is 3.42. The number of benzene rings is 1. The molecule has 0 saturated carbocycles. The standard InChI is InChI=1S/C16H21ClN4O2/c17-14-3-1-2-13(10-14)11-19-6-8-20(9-7-19)12-15(22)21-5-4-18-16(21)23/h1-3,10H,4-9,11-12H2,(H,18,23). The largest absolute Gasteiger partial charge is 0.336 e. The highest BCUT2D eigenvalue weighted by Crippen LogP contribution is 2.14. The zero-order chi connectivity index (χ0) is 16.2. The van der Waals surface area contributed by atoms with Crippen molar-refractivity contribution in [2.24, 2.45) is 0 Å². The van der Waals surface area contributed by atoms with Crippen molar-refractivity contribution in [3.05, 3.63) is 34.9 Å². The number of halogens is 1. The highest BCUT2D eigenvalue weighted by atomic mass is 35.5. The third-order valence-corrected chi connectivity index (χ3v) is 4.51. The van der Waals surface area contributed by atoms with Gasteiger partial charge in [-0.25, -0.2) is 4.79 Å². The Balaban J connectivity index is 1.45. The molecule has 2 fully saturated rings. The second-order valence-electron chi connectivity index (χ2n) is 5.96. The van der Waals surface area contributed by atoms with Gasteiger partial charge in [0.15, 0.2) is 0 Å². The van der Waals surface area contributed by atoms with E-state index < -0.39 is 0 Å². The number of piperazine rings is 1. The van der Waals surface area contributed by atoms with Crippen LogP contribution in [-0.4, -0.2) is 72.5 Å². The minimum atomic E-state index is -0.269. The van der Waals surface area contributed by atoms with Crippen molar-refractivity contribution in [3.8, 4) is 0 Å². The molecule has 1 N–H and O–H groups in total. The SMILES string of the molecule is O=C(CN1CCN(Cc2cccc(Cl)c2)CC1)N1CCNC1=O. The van der Waals surface area contributed by atoms with Crippen LogP contribution in [-0.2, 0) is 11.3 Å². The molecule has 0 atom stereocenters. The average Bonchev–Trinajstić information content (AvgIpc) is 2.95. The van der Waals surface area contributed by atoms with Crippen LogP contribution in [0.25, 0.3) is 0 Å². The van der Waals surface area contributed by atoms with Crippen LogP contribution in [0.15, 0.2) is 24.3 Å². The summed E-state index contributed by atoms with van der Waals surface area (Å²) in [5.41, 5.74) is 1.20. The summed E-state index contributed by atoms with van der Waals surface area (Å²) in [6.07, 6.45) is 0. The Morgan fingerprint density at radius 1 is 1.13 bits per heavy atom. The first kappa shape index (κ1) is 16.2. The van der Waals surface area contributed by atoms with Crippen LogP contribution in [0.2, 0.25) is 5.02 Å². The van der Waals surface area contributed by atoms with E-state index in [4.69, 9.17) is 11.6 Å². The lowest BCUT2D eigenvalue weighted by atomic mass is 10.2. The maximum absolute atomic E-state index is 12.1. The van der Waals surface area contributed by atoms with Crippen LogP contribution >= 0.6 is 11.6 Å². The van der Waals surface area contributed by atoms with E-state index >= 15 is 0 Å². The van der Waals surface area contributed by atoms with E-state index in [9.17, 15) is 9.59 Å². The molecule has 6 nitrogen and oxygen atoms in total. The lowest BCUT2D eigenvalue weighted by Gasteiger charge is -2.34. The van der Waals surface area contributed by atoms with Gasteiger partial charge in [0.2, 0.25) is 5.91 Å². The number of carbonyl (C=O) groups is 2. The zero-order valence-corrected chi connectivity index (χ0v) is 13.8. The molecule has 7 heteroatoms. The summed E-state index contributed by atoms with van der Waals surface area (Å²) >= 11 is 6.02. The summed E-state index contributed by atoms with van der Waals surface area (Å²) in [7, 11) is 0. The number of amides is 3. The van der Waals surface area contributed by atoms with E-state index in [0.29, 0.717) is 19.6 Å². The van der Waals surface area contributed by atoms with Gasteiger partial charge in [-0.1, -0.05) is 23.7 Å². The lowest BCUT2D eigenvalue weighted by Crippen LogP contribution is -2.50. The highest BCUT2D eigenvalue weighted by molar-refractivity contribution is 6.30. The van der Waals surface area contributed by atoms with Gasteiger partial charge in [0.05, 0.1) is 6.54 Å². The first-order valence-electron chi connectivity index (χ1n) is 7.89. The number of hydrogen-bond acceptors (Lipinski definition) is 4. The average molecular weight is 337 g/mol. The number of carbonyl (C=O) groups excluding carboxylic acids is 2. The van der Waals surface area contributed by atoms with Gasteiger partial charge >= 0.3 is 6.03 Å². The Hall–Kier alpha value is -1.63. The monoisotopic (exact) mass is 336 g/mol. The third-order valence-electron chi connectivity index (χ3n) is 4.28. The van der Waals surface area contributed by atoms with Crippen molar-refractivity contribution in [1.29, 1.82) is 0 Å². The van der Waals surface area contributed by atoms with Crippen LogP contribution in [0, 0.1) is 0 Å². The molecule has 2 aliphatic rings. The van der Waals surface area contributed by atoms with Crippen molar-refractivity contribution in [1.82, 2.24) is 20.0 Å². The fraction of sp³-hybridized carbons (Fsp3) is 0.500. The Morgan fingerprint density at radius 2 is 1.87 bits per heavy atom.